The van der Waals surface area contributed by atoms with Crippen molar-refractivity contribution in [1.82, 2.24) is 5.43 Å². The number of methoxy groups -OCH3 is 2. The van der Waals surface area contributed by atoms with Crippen LogP contribution < -0.4 is 20.2 Å². The van der Waals surface area contributed by atoms with Gasteiger partial charge in [-0.2, -0.15) is 5.10 Å². The topological polar surface area (TPSA) is 54.9 Å². The van der Waals surface area contributed by atoms with Crippen LogP contribution in [0.1, 0.15) is 12.5 Å². The lowest BCUT2D eigenvalue weighted by Crippen LogP contribution is -2.24. The molecule has 0 spiro atoms. The lowest BCUT2D eigenvalue weighted by atomic mass is 10.1. The van der Waals surface area contributed by atoms with Gasteiger partial charge in [-0.1, -0.05) is 18.2 Å². The Hall–Kier alpha value is -2.60. The van der Waals surface area contributed by atoms with Crippen molar-refractivity contribution < 1.29 is 9.47 Å². The van der Waals surface area contributed by atoms with E-state index in [4.69, 9.17) is 21.7 Å². The second-order valence-electron chi connectivity index (χ2n) is 4.70. The first-order valence-corrected chi connectivity index (χ1v) is 7.43. The van der Waals surface area contributed by atoms with Gasteiger partial charge in [-0.25, -0.2) is 0 Å². The molecule has 2 aromatic rings. The Morgan fingerprint density at radius 2 is 1.70 bits per heavy atom. The van der Waals surface area contributed by atoms with Crippen LogP contribution in [0.25, 0.3) is 0 Å². The molecule has 0 saturated heterocycles. The molecule has 6 heteroatoms. The monoisotopic (exact) mass is 329 g/mol. The number of hydrogen-bond donors (Lipinski definition) is 2. The van der Waals surface area contributed by atoms with Crippen LogP contribution in [0.3, 0.4) is 0 Å². The van der Waals surface area contributed by atoms with Crippen LogP contribution in [0.5, 0.6) is 11.5 Å². The molecule has 2 rings (SSSR count). The SMILES string of the molecule is COc1ccc(/C(C)=N\NC(=S)Nc2ccccc2)cc1OC. The number of benzene rings is 2. The van der Waals surface area contributed by atoms with Crippen molar-refractivity contribution in [3.8, 4) is 11.5 Å². The molecular weight excluding hydrogens is 310 g/mol. The lowest BCUT2D eigenvalue weighted by molar-refractivity contribution is 0.355. The molecule has 120 valence electrons. The van der Waals surface area contributed by atoms with Crippen LogP contribution in [-0.4, -0.2) is 25.0 Å². The second-order valence-corrected chi connectivity index (χ2v) is 5.11. The molecular formula is C17H19N3O2S. The molecule has 0 amide bonds. The smallest absolute Gasteiger partial charge is 0.191 e. The van der Waals surface area contributed by atoms with E-state index in [2.05, 4.69) is 15.8 Å². The van der Waals surface area contributed by atoms with Crippen molar-refractivity contribution in [2.45, 2.75) is 6.92 Å². The van der Waals surface area contributed by atoms with Gasteiger partial charge in [-0.05, 0) is 49.5 Å². The van der Waals surface area contributed by atoms with Crippen molar-refractivity contribution in [3.63, 3.8) is 0 Å². The zero-order chi connectivity index (χ0) is 16.7. The molecule has 0 fully saturated rings. The molecule has 2 aromatic carbocycles. The van der Waals surface area contributed by atoms with E-state index in [1.807, 2.05) is 55.5 Å². The largest absolute Gasteiger partial charge is 0.493 e. The highest BCUT2D eigenvalue weighted by Gasteiger charge is 2.06. The fraction of sp³-hybridized carbons (Fsp3) is 0.176. The minimum absolute atomic E-state index is 0.427. The Balaban J connectivity index is 2.03. The van der Waals surface area contributed by atoms with Gasteiger partial charge in [0.15, 0.2) is 16.6 Å². The van der Waals surface area contributed by atoms with Crippen molar-refractivity contribution in [3.05, 3.63) is 54.1 Å². The Bertz CT molecular complexity index is 702. The number of para-hydroxylation sites is 1. The third-order valence-electron chi connectivity index (χ3n) is 3.16. The van der Waals surface area contributed by atoms with Crippen LogP contribution in [0.15, 0.2) is 53.6 Å². The molecule has 2 N–H and O–H groups in total. The summed E-state index contributed by atoms with van der Waals surface area (Å²) in [5.41, 5.74) is 5.43. The van der Waals surface area contributed by atoms with Gasteiger partial charge in [0.25, 0.3) is 0 Å². The van der Waals surface area contributed by atoms with Crippen molar-refractivity contribution in [2.75, 3.05) is 19.5 Å². The molecule has 0 radical (unpaired) electrons. The number of hydrogen-bond acceptors (Lipinski definition) is 4. The zero-order valence-electron chi connectivity index (χ0n) is 13.3. The van der Waals surface area contributed by atoms with E-state index < -0.39 is 0 Å². The molecule has 0 atom stereocenters. The minimum atomic E-state index is 0.427. The molecule has 0 bridgehead atoms. The fourth-order valence-electron chi connectivity index (χ4n) is 1.94. The first kappa shape index (κ1) is 16.8. The first-order chi connectivity index (χ1) is 11.1. The van der Waals surface area contributed by atoms with Crippen LogP contribution >= 0.6 is 12.2 Å². The van der Waals surface area contributed by atoms with Crippen LogP contribution in [-0.2, 0) is 0 Å². The highest BCUT2D eigenvalue weighted by atomic mass is 32.1. The maximum Gasteiger partial charge on any atom is 0.191 e. The average molecular weight is 329 g/mol. The van der Waals surface area contributed by atoms with Gasteiger partial charge in [-0.15, -0.1) is 0 Å². The molecule has 0 aliphatic carbocycles. The Morgan fingerprint density at radius 1 is 1.00 bits per heavy atom. The van der Waals surface area contributed by atoms with Gasteiger partial charge in [0.1, 0.15) is 0 Å². The zero-order valence-corrected chi connectivity index (χ0v) is 14.1. The van der Waals surface area contributed by atoms with E-state index in [9.17, 15) is 0 Å². The Morgan fingerprint density at radius 3 is 2.35 bits per heavy atom. The van der Waals surface area contributed by atoms with E-state index in [0.29, 0.717) is 16.6 Å². The fourth-order valence-corrected chi connectivity index (χ4v) is 2.10. The van der Waals surface area contributed by atoms with Crippen LogP contribution in [0.4, 0.5) is 5.69 Å². The van der Waals surface area contributed by atoms with E-state index in [-0.39, 0.29) is 0 Å². The third kappa shape index (κ3) is 4.69. The van der Waals surface area contributed by atoms with E-state index >= 15 is 0 Å². The van der Waals surface area contributed by atoms with Gasteiger partial charge < -0.3 is 14.8 Å². The van der Waals surface area contributed by atoms with E-state index in [1.165, 1.54) is 0 Å². The minimum Gasteiger partial charge on any atom is -0.493 e. The lowest BCUT2D eigenvalue weighted by Gasteiger charge is -2.10. The van der Waals surface area contributed by atoms with Crippen LogP contribution in [0, 0.1) is 0 Å². The maximum atomic E-state index is 5.29. The molecule has 0 aromatic heterocycles. The molecule has 0 saturated carbocycles. The summed E-state index contributed by atoms with van der Waals surface area (Å²) >= 11 is 5.22. The number of anilines is 1. The molecule has 0 heterocycles. The summed E-state index contributed by atoms with van der Waals surface area (Å²) in [5, 5.41) is 7.77. The Labute approximate surface area is 141 Å². The van der Waals surface area contributed by atoms with Crippen molar-refractivity contribution in [2.24, 2.45) is 5.10 Å². The number of rotatable bonds is 5. The summed E-state index contributed by atoms with van der Waals surface area (Å²) in [6.07, 6.45) is 0. The van der Waals surface area contributed by atoms with E-state index in [1.54, 1.807) is 14.2 Å². The standard InChI is InChI=1S/C17H19N3O2S/c1-12(13-9-10-15(21-2)16(11-13)22-3)19-20-17(23)18-14-7-5-4-6-8-14/h4-11H,1-3H3,(H2,18,20,23)/b19-12-. The van der Waals surface area contributed by atoms with Gasteiger partial charge in [0.05, 0.1) is 19.9 Å². The van der Waals surface area contributed by atoms with Crippen molar-refractivity contribution >= 4 is 28.7 Å². The normalized spacial score (nSPS) is 10.8. The van der Waals surface area contributed by atoms with Gasteiger partial charge in [0.2, 0.25) is 0 Å². The molecule has 5 nitrogen and oxygen atoms in total. The molecule has 0 aliphatic rings. The predicted molar refractivity (Wildman–Crippen MR) is 97.6 cm³/mol. The number of nitrogens with one attached hydrogen (secondary N) is 2. The molecule has 23 heavy (non-hydrogen) atoms. The molecule has 0 aliphatic heterocycles. The highest BCUT2D eigenvalue weighted by molar-refractivity contribution is 7.80. The summed E-state index contributed by atoms with van der Waals surface area (Å²) in [7, 11) is 3.21. The number of hydrazone groups is 1. The van der Waals surface area contributed by atoms with Gasteiger partial charge in [-0.3, -0.25) is 5.43 Å². The number of thiocarbonyl (C=S) groups is 1. The summed E-state index contributed by atoms with van der Waals surface area (Å²) < 4.78 is 10.5. The van der Waals surface area contributed by atoms with E-state index in [0.717, 1.165) is 17.0 Å². The number of ether oxygens (including phenoxy) is 2. The third-order valence-corrected chi connectivity index (χ3v) is 3.35. The highest BCUT2D eigenvalue weighted by Crippen LogP contribution is 2.27. The average Bonchev–Trinajstić information content (AvgIpc) is 2.59. The summed E-state index contributed by atoms with van der Waals surface area (Å²) in [6, 6.07) is 15.3. The first-order valence-electron chi connectivity index (χ1n) is 7.02. The summed E-state index contributed by atoms with van der Waals surface area (Å²) in [6.45, 7) is 1.89. The quantitative estimate of drug-likeness (QED) is 0.500. The predicted octanol–water partition coefficient (Wildman–Crippen LogP) is 3.41. The maximum absolute atomic E-state index is 5.29. The number of nitrogens with zero attached hydrogens (tertiary/aromatic N) is 1. The van der Waals surface area contributed by atoms with Gasteiger partial charge >= 0.3 is 0 Å². The summed E-state index contributed by atoms with van der Waals surface area (Å²) in [4.78, 5) is 0. The second kappa shape index (κ2) is 8.14. The molecule has 0 unspecified atom stereocenters. The van der Waals surface area contributed by atoms with Crippen LogP contribution in [0.2, 0.25) is 0 Å². The van der Waals surface area contributed by atoms with Gasteiger partial charge in [0, 0.05) is 11.3 Å². The Kier molecular flexibility index (Phi) is 5.94. The summed E-state index contributed by atoms with van der Waals surface area (Å²) in [5.74, 6) is 1.34. The van der Waals surface area contributed by atoms with Crippen molar-refractivity contribution in [1.29, 1.82) is 0 Å².